The molecule has 0 N–H and O–H groups in total. The van der Waals surface area contributed by atoms with Crippen LogP contribution in [0.25, 0.3) is 10.8 Å². The summed E-state index contributed by atoms with van der Waals surface area (Å²) in [5, 5.41) is 2.68. The molecule has 134 valence electrons. The lowest BCUT2D eigenvalue weighted by Gasteiger charge is -2.26. The van der Waals surface area contributed by atoms with Gasteiger partial charge < -0.3 is 4.90 Å². The molecule has 0 amide bonds. The van der Waals surface area contributed by atoms with Crippen molar-refractivity contribution in [2.24, 2.45) is 0 Å². The Balaban J connectivity index is 2.03. The molecule has 0 bridgehead atoms. The highest BCUT2D eigenvalue weighted by molar-refractivity contribution is 5.94. The lowest BCUT2D eigenvalue weighted by Crippen LogP contribution is -2.25. The highest BCUT2D eigenvalue weighted by atomic mass is 15.2. The summed E-state index contributed by atoms with van der Waals surface area (Å²) in [5.41, 5.74) is 4.12. The molecular weight excluding hydrogens is 316 g/mol. The van der Waals surface area contributed by atoms with Crippen LogP contribution in [0.15, 0.2) is 72.5 Å². The van der Waals surface area contributed by atoms with Gasteiger partial charge in [0.25, 0.3) is 0 Å². The number of fused-ring (bicyclic) bond motifs is 3. The van der Waals surface area contributed by atoms with Gasteiger partial charge in [-0.2, -0.15) is 0 Å². The molecule has 0 radical (unpaired) electrons. The predicted molar refractivity (Wildman–Crippen MR) is 115 cm³/mol. The number of allylic oxidation sites excluding steroid dienone is 6. The van der Waals surface area contributed by atoms with Crippen molar-refractivity contribution in [3.8, 4) is 0 Å². The van der Waals surface area contributed by atoms with Crippen molar-refractivity contribution >= 4 is 22.7 Å². The van der Waals surface area contributed by atoms with Gasteiger partial charge in [0, 0.05) is 29.4 Å². The predicted octanol–water partition coefficient (Wildman–Crippen LogP) is 5.30. The molecule has 1 aliphatic heterocycles. The molecule has 0 fully saturated rings. The number of nitrogens with zero attached hydrogens (tertiary/aromatic N) is 2. The second kappa shape index (κ2) is 7.33. The molecule has 0 saturated heterocycles. The molecule has 26 heavy (non-hydrogen) atoms. The Bertz CT molecular complexity index is 922. The summed E-state index contributed by atoms with van der Waals surface area (Å²) >= 11 is 0. The molecular formula is C24H29N2+. The van der Waals surface area contributed by atoms with Crippen LogP contribution in [0, 0.1) is 0 Å². The van der Waals surface area contributed by atoms with Crippen LogP contribution in [0.1, 0.15) is 26.3 Å². The molecule has 1 heterocycles. The summed E-state index contributed by atoms with van der Waals surface area (Å²) in [6.45, 7) is 7.87. The van der Waals surface area contributed by atoms with Crippen LogP contribution in [-0.4, -0.2) is 31.4 Å². The Morgan fingerprint density at radius 3 is 2.42 bits per heavy atom. The van der Waals surface area contributed by atoms with E-state index in [0.29, 0.717) is 0 Å². The molecule has 1 aliphatic rings. The summed E-state index contributed by atoms with van der Waals surface area (Å²) in [4.78, 5) is 2.45. The highest BCUT2D eigenvalue weighted by Gasteiger charge is 2.40. The van der Waals surface area contributed by atoms with E-state index in [1.165, 1.54) is 27.7 Å². The van der Waals surface area contributed by atoms with Gasteiger partial charge in [0.15, 0.2) is 6.21 Å². The normalized spacial score (nSPS) is 17.6. The monoisotopic (exact) mass is 345 g/mol. The number of hydrogen-bond donors (Lipinski definition) is 0. The van der Waals surface area contributed by atoms with E-state index in [1.807, 2.05) is 24.9 Å². The van der Waals surface area contributed by atoms with Crippen LogP contribution in [0.5, 0.6) is 0 Å². The van der Waals surface area contributed by atoms with Gasteiger partial charge in [-0.3, -0.25) is 0 Å². The number of anilines is 1. The number of rotatable bonds is 4. The highest BCUT2D eigenvalue weighted by Crippen LogP contribution is 2.50. The third-order valence-corrected chi connectivity index (χ3v) is 5.04. The second-order valence-electron chi connectivity index (χ2n) is 7.48. The molecule has 0 aromatic heterocycles. The number of hydrogen-bond acceptors (Lipinski definition) is 1. The Hall–Kier alpha value is -2.61. The molecule has 3 rings (SSSR count). The van der Waals surface area contributed by atoms with Crippen LogP contribution in [0.2, 0.25) is 0 Å². The van der Waals surface area contributed by atoms with E-state index < -0.39 is 0 Å². The topological polar surface area (TPSA) is 6.25 Å². The number of likely N-dealkylation sites (N-methyl/N-ethyl adjacent to an activating group) is 1. The van der Waals surface area contributed by atoms with Crippen molar-refractivity contribution in [1.29, 1.82) is 0 Å². The Labute approximate surface area is 157 Å². The fourth-order valence-electron chi connectivity index (χ4n) is 3.87. The van der Waals surface area contributed by atoms with Crippen molar-refractivity contribution in [3.05, 3.63) is 78.0 Å². The first-order chi connectivity index (χ1) is 12.5. The van der Waals surface area contributed by atoms with E-state index in [4.69, 9.17) is 0 Å². The largest absolute Gasteiger partial charge is 0.344 e. The van der Waals surface area contributed by atoms with Gasteiger partial charge in [-0.05, 0) is 35.4 Å². The average Bonchev–Trinajstić information content (AvgIpc) is 2.84. The van der Waals surface area contributed by atoms with E-state index in [1.54, 1.807) is 0 Å². The maximum absolute atomic E-state index is 2.45. The van der Waals surface area contributed by atoms with Crippen LogP contribution in [-0.2, 0) is 5.41 Å². The van der Waals surface area contributed by atoms with Crippen molar-refractivity contribution in [2.75, 3.05) is 25.5 Å². The van der Waals surface area contributed by atoms with Crippen LogP contribution in [0.4, 0.5) is 5.69 Å². The molecule has 0 saturated carbocycles. The first kappa shape index (κ1) is 18.2. The van der Waals surface area contributed by atoms with Crippen molar-refractivity contribution in [3.63, 3.8) is 0 Å². The SMILES string of the molecule is CCN1\C(=C/C=C/C=C/C=[N+](C)C)C(C)(C)c2c1ccc1ccccc21. The molecule has 2 aromatic rings. The van der Waals surface area contributed by atoms with Crippen molar-refractivity contribution < 1.29 is 4.58 Å². The fraction of sp³-hybridized carbons (Fsp3) is 0.292. The first-order valence-corrected chi connectivity index (χ1v) is 9.32. The van der Waals surface area contributed by atoms with E-state index in [9.17, 15) is 0 Å². The molecule has 0 atom stereocenters. The third kappa shape index (κ3) is 3.24. The van der Waals surface area contributed by atoms with E-state index in [2.05, 4.69) is 92.4 Å². The molecule has 0 unspecified atom stereocenters. The fourth-order valence-corrected chi connectivity index (χ4v) is 3.87. The van der Waals surface area contributed by atoms with E-state index in [0.717, 1.165) is 6.54 Å². The zero-order chi connectivity index (χ0) is 18.7. The van der Waals surface area contributed by atoms with Gasteiger partial charge in [-0.1, -0.05) is 62.4 Å². The molecule has 2 heteroatoms. The minimum absolute atomic E-state index is 0.0178. The summed E-state index contributed by atoms with van der Waals surface area (Å²) in [7, 11) is 4.05. The lowest BCUT2D eigenvalue weighted by molar-refractivity contribution is -0.458. The van der Waals surface area contributed by atoms with E-state index >= 15 is 0 Å². The average molecular weight is 346 g/mol. The zero-order valence-corrected chi connectivity index (χ0v) is 16.5. The second-order valence-corrected chi connectivity index (χ2v) is 7.48. The number of benzene rings is 2. The van der Waals surface area contributed by atoms with Gasteiger partial charge >= 0.3 is 0 Å². The summed E-state index contributed by atoms with van der Waals surface area (Å²) in [6, 6.07) is 13.2. The zero-order valence-electron chi connectivity index (χ0n) is 16.5. The van der Waals surface area contributed by atoms with Gasteiger partial charge in [-0.15, -0.1) is 0 Å². The van der Waals surface area contributed by atoms with Crippen LogP contribution >= 0.6 is 0 Å². The molecule has 2 aromatic carbocycles. The Kier molecular flexibility index (Phi) is 5.13. The maximum Gasteiger partial charge on any atom is 0.162 e. The Morgan fingerprint density at radius 2 is 1.69 bits per heavy atom. The minimum Gasteiger partial charge on any atom is -0.344 e. The smallest absolute Gasteiger partial charge is 0.162 e. The first-order valence-electron chi connectivity index (χ1n) is 9.32. The molecule has 0 spiro atoms. The van der Waals surface area contributed by atoms with Gasteiger partial charge in [0.1, 0.15) is 14.1 Å². The maximum atomic E-state index is 2.45. The summed E-state index contributed by atoms with van der Waals surface area (Å²) in [5.74, 6) is 0. The van der Waals surface area contributed by atoms with Crippen LogP contribution < -0.4 is 4.90 Å². The lowest BCUT2D eigenvalue weighted by atomic mass is 9.81. The van der Waals surface area contributed by atoms with Crippen LogP contribution in [0.3, 0.4) is 0 Å². The van der Waals surface area contributed by atoms with Gasteiger partial charge in [0.05, 0.1) is 0 Å². The Morgan fingerprint density at radius 1 is 0.962 bits per heavy atom. The molecule has 0 aliphatic carbocycles. The van der Waals surface area contributed by atoms with E-state index in [-0.39, 0.29) is 5.41 Å². The third-order valence-electron chi connectivity index (χ3n) is 5.04. The quantitative estimate of drug-likeness (QED) is 0.414. The van der Waals surface area contributed by atoms with Crippen molar-refractivity contribution in [1.82, 2.24) is 0 Å². The summed E-state index contributed by atoms with van der Waals surface area (Å²) < 4.78 is 2.03. The minimum atomic E-state index is -0.0178. The molecule has 2 nitrogen and oxygen atoms in total. The van der Waals surface area contributed by atoms with Crippen molar-refractivity contribution in [2.45, 2.75) is 26.2 Å². The summed E-state index contributed by atoms with van der Waals surface area (Å²) in [6.07, 6.45) is 12.7. The van der Waals surface area contributed by atoms with Gasteiger partial charge in [0.2, 0.25) is 0 Å². The standard InChI is InChI=1S/C24H29N2/c1-6-26-21-17-16-19-13-10-11-14-20(19)23(21)24(2,3)22(26)15-9-7-8-12-18-25(4)5/h7-18H,6H2,1-5H3/q+1. The van der Waals surface area contributed by atoms with Gasteiger partial charge in [-0.25, -0.2) is 4.58 Å².